The number of nitrogens with zero attached hydrogens (tertiary/aromatic N) is 2. The van der Waals surface area contributed by atoms with Crippen molar-refractivity contribution in [3.63, 3.8) is 0 Å². The zero-order chi connectivity index (χ0) is 14.9. The summed E-state index contributed by atoms with van der Waals surface area (Å²) in [5.41, 5.74) is 1.20. The molecule has 1 aliphatic rings. The maximum Gasteiger partial charge on any atom is 0.326 e. The van der Waals surface area contributed by atoms with Gasteiger partial charge in [0.1, 0.15) is 12.4 Å². The van der Waals surface area contributed by atoms with Crippen molar-refractivity contribution in [2.45, 2.75) is 0 Å². The number of rotatable bonds is 3. The van der Waals surface area contributed by atoms with Crippen molar-refractivity contribution >= 4 is 21.6 Å². The van der Waals surface area contributed by atoms with E-state index in [2.05, 4.69) is 0 Å². The van der Waals surface area contributed by atoms with E-state index < -0.39 is 10.2 Å². The van der Waals surface area contributed by atoms with Crippen LogP contribution in [0.15, 0.2) is 54.6 Å². The molecule has 0 fully saturated rings. The van der Waals surface area contributed by atoms with Crippen LogP contribution in [-0.4, -0.2) is 28.6 Å². The van der Waals surface area contributed by atoms with E-state index in [-0.39, 0.29) is 0 Å². The maximum atomic E-state index is 12.8. The summed E-state index contributed by atoms with van der Waals surface area (Å²) in [6, 6.07) is 16.2. The van der Waals surface area contributed by atoms with Gasteiger partial charge in [0.2, 0.25) is 0 Å². The zero-order valence-electron chi connectivity index (χ0n) is 11.6. The molecule has 3 rings (SSSR count). The van der Waals surface area contributed by atoms with Crippen LogP contribution in [0.3, 0.4) is 0 Å². The van der Waals surface area contributed by atoms with Crippen LogP contribution in [0.5, 0.6) is 5.75 Å². The molecule has 0 saturated carbocycles. The lowest BCUT2D eigenvalue weighted by Gasteiger charge is -2.33. The van der Waals surface area contributed by atoms with Gasteiger partial charge in [0.05, 0.1) is 17.9 Å². The van der Waals surface area contributed by atoms with Gasteiger partial charge in [-0.25, -0.2) is 4.31 Å². The molecule has 0 spiro atoms. The molecule has 0 aliphatic carbocycles. The van der Waals surface area contributed by atoms with E-state index in [1.165, 1.54) is 8.61 Å². The molecule has 0 amide bonds. The molecule has 0 N–H and O–H groups in total. The Bertz CT molecular complexity index is 732. The molecule has 0 atom stereocenters. The molecular formula is C15H16N2O3S. The SMILES string of the molecule is CN(c1ccccc1)S(=O)(=O)N1CCOc2ccccc21. The van der Waals surface area contributed by atoms with Crippen LogP contribution >= 0.6 is 0 Å². The van der Waals surface area contributed by atoms with Gasteiger partial charge in [-0.15, -0.1) is 0 Å². The van der Waals surface area contributed by atoms with Crippen molar-refractivity contribution in [1.29, 1.82) is 0 Å². The van der Waals surface area contributed by atoms with Gasteiger partial charge in [0.15, 0.2) is 0 Å². The molecule has 21 heavy (non-hydrogen) atoms. The standard InChI is InChI=1S/C15H16N2O3S/c1-16(13-7-3-2-4-8-13)21(18,19)17-11-12-20-15-10-6-5-9-14(15)17/h2-10H,11-12H2,1H3. The van der Waals surface area contributed by atoms with E-state index in [4.69, 9.17) is 4.74 Å². The average molecular weight is 304 g/mol. The largest absolute Gasteiger partial charge is 0.489 e. The van der Waals surface area contributed by atoms with Gasteiger partial charge < -0.3 is 4.74 Å². The molecule has 2 aromatic rings. The first kappa shape index (κ1) is 13.8. The third-order valence-electron chi connectivity index (χ3n) is 3.43. The predicted molar refractivity (Wildman–Crippen MR) is 83.0 cm³/mol. The second-order valence-corrected chi connectivity index (χ2v) is 6.58. The van der Waals surface area contributed by atoms with Gasteiger partial charge in [0.25, 0.3) is 0 Å². The van der Waals surface area contributed by atoms with Crippen LogP contribution in [0.1, 0.15) is 0 Å². The number of hydrogen-bond donors (Lipinski definition) is 0. The Morgan fingerprint density at radius 2 is 1.71 bits per heavy atom. The van der Waals surface area contributed by atoms with E-state index >= 15 is 0 Å². The molecular weight excluding hydrogens is 288 g/mol. The Morgan fingerprint density at radius 3 is 2.48 bits per heavy atom. The Morgan fingerprint density at radius 1 is 1.05 bits per heavy atom. The molecule has 0 bridgehead atoms. The highest BCUT2D eigenvalue weighted by molar-refractivity contribution is 7.94. The van der Waals surface area contributed by atoms with Gasteiger partial charge in [-0.1, -0.05) is 30.3 Å². The van der Waals surface area contributed by atoms with Crippen molar-refractivity contribution in [1.82, 2.24) is 0 Å². The monoisotopic (exact) mass is 304 g/mol. The summed E-state index contributed by atoms with van der Waals surface area (Å²) in [6.07, 6.45) is 0. The fraction of sp³-hybridized carbons (Fsp3) is 0.200. The quantitative estimate of drug-likeness (QED) is 0.874. The van der Waals surface area contributed by atoms with Crippen molar-refractivity contribution in [3.05, 3.63) is 54.6 Å². The van der Waals surface area contributed by atoms with Gasteiger partial charge in [-0.2, -0.15) is 8.42 Å². The molecule has 2 aromatic carbocycles. The normalized spacial score (nSPS) is 14.2. The molecule has 1 heterocycles. The van der Waals surface area contributed by atoms with Crippen molar-refractivity contribution in [3.8, 4) is 5.75 Å². The minimum absolute atomic E-state index is 0.302. The van der Waals surface area contributed by atoms with Crippen molar-refractivity contribution < 1.29 is 13.2 Å². The highest BCUT2D eigenvalue weighted by Gasteiger charge is 2.31. The first-order valence-electron chi connectivity index (χ1n) is 6.64. The fourth-order valence-electron chi connectivity index (χ4n) is 2.30. The molecule has 0 unspecified atom stereocenters. The Hall–Kier alpha value is -2.21. The predicted octanol–water partition coefficient (Wildman–Crippen LogP) is 2.27. The lowest BCUT2D eigenvalue weighted by atomic mass is 10.2. The van der Waals surface area contributed by atoms with Gasteiger partial charge in [0, 0.05) is 7.05 Å². The summed E-state index contributed by atoms with van der Waals surface area (Å²) in [6.45, 7) is 0.648. The van der Waals surface area contributed by atoms with Crippen LogP contribution in [0.2, 0.25) is 0 Å². The summed E-state index contributed by atoms with van der Waals surface area (Å²) < 4.78 is 33.9. The molecule has 1 aliphatic heterocycles. The van der Waals surface area contributed by atoms with E-state index in [0.717, 1.165) is 0 Å². The minimum atomic E-state index is -3.64. The summed E-state index contributed by atoms with van der Waals surface area (Å²) >= 11 is 0. The molecule has 0 radical (unpaired) electrons. The maximum absolute atomic E-state index is 12.8. The number of ether oxygens (including phenoxy) is 1. The van der Waals surface area contributed by atoms with Gasteiger partial charge in [-0.3, -0.25) is 4.31 Å². The molecule has 0 aromatic heterocycles. The summed E-state index contributed by atoms with van der Waals surface area (Å²) in [7, 11) is -2.08. The average Bonchev–Trinajstić information content (AvgIpc) is 2.54. The lowest BCUT2D eigenvalue weighted by Crippen LogP contribution is -2.45. The van der Waals surface area contributed by atoms with Gasteiger partial charge in [-0.05, 0) is 24.3 Å². The second kappa shape index (κ2) is 5.29. The molecule has 110 valence electrons. The highest BCUT2D eigenvalue weighted by atomic mass is 32.2. The van der Waals surface area contributed by atoms with Gasteiger partial charge >= 0.3 is 10.2 Å². The Kier molecular flexibility index (Phi) is 3.47. The van der Waals surface area contributed by atoms with Crippen LogP contribution in [0.4, 0.5) is 11.4 Å². The van der Waals surface area contributed by atoms with Crippen LogP contribution < -0.4 is 13.3 Å². The highest BCUT2D eigenvalue weighted by Crippen LogP contribution is 2.34. The number of fused-ring (bicyclic) bond motifs is 1. The lowest BCUT2D eigenvalue weighted by molar-refractivity contribution is 0.316. The van der Waals surface area contributed by atoms with E-state index in [1.807, 2.05) is 24.3 Å². The Balaban J connectivity index is 2.00. The van der Waals surface area contributed by atoms with Crippen molar-refractivity contribution in [2.75, 3.05) is 28.8 Å². The van der Waals surface area contributed by atoms with E-state index in [1.54, 1.807) is 37.4 Å². The Labute approximate surface area is 124 Å². The number of hydrogen-bond acceptors (Lipinski definition) is 3. The molecule has 0 saturated heterocycles. The van der Waals surface area contributed by atoms with Crippen LogP contribution in [0, 0.1) is 0 Å². The van der Waals surface area contributed by atoms with Crippen LogP contribution in [0.25, 0.3) is 0 Å². The zero-order valence-corrected chi connectivity index (χ0v) is 12.5. The minimum Gasteiger partial charge on any atom is -0.489 e. The summed E-state index contributed by atoms with van der Waals surface area (Å²) in [5, 5.41) is 0. The fourth-order valence-corrected chi connectivity index (χ4v) is 3.69. The van der Waals surface area contributed by atoms with Crippen molar-refractivity contribution in [2.24, 2.45) is 0 Å². The van der Waals surface area contributed by atoms with Crippen LogP contribution in [-0.2, 0) is 10.2 Å². The number of anilines is 2. The third-order valence-corrected chi connectivity index (χ3v) is 5.27. The topological polar surface area (TPSA) is 49.9 Å². The molecule has 6 heteroatoms. The first-order chi connectivity index (χ1) is 10.1. The van der Waals surface area contributed by atoms with E-state index in [9.17, 15) is 8.42 Å². The number of benzene rings is 2. The second-order valence-electron chi connectivity index (χ2n) is 4.70. The summed E-state index contributed by atoms with van der Waals surface area (Å²) in [4.78, 5) is 0. The van der Waals surface area contributed by atoms with E-state index in [0.29, 0.717) is 30.3 Å². The smallest absolute Gasteiger partial charge is 0.326 e. The molecule has 5 nitrogen and oxygen atoms in total. The third kappa shape index (κ3) is 2.42. The summed E-state index contributed by atoms with van der Waals surface area (Å²) in [5.74, 6) is 0.591. The first-order valence-corrected chi connectivity index (χ1v) is 8.04. The number of para-hydroxylation sites is 3.